The van der Waals surface area contributed by atoms with Crippen LogP contribution in [0.5, 0.6) is 0 Å². The highest BCUT2D eigenvalue weighted by atomic mass is 16.5. The predicted molar refractivity (Wildman–Crippen MR) is 68.7 cm³/mol. The van der Waals surface area contributed by atoms with E-state index in [1.165, 1.54) is 36.8 Å². The van der Waals surface area contributed by atoms with Gasteiger partial charge in [-0.1, -0.05) is 24.3 Å². The molecule has 0 heterocycles. The zero-order valence-electron chi connectivity index (χ0n) is 10.3. The van der Waals surface area contributed by atoms with Crippen LogP contribution in [0.1, 0.15) is 36.8 Å². The van der Waals surface area contributed by atoms with Crippen LogP contribution in [-0.4, -0.2) is 12.6 Å². The Morgan fingerprint density at radius 2 is 1.94 bits per heavy atom. The third-order valence-electron chi connectivity index (χ3n) is 3.48. The molecule has 0 aliphatic heterocycles. The first-order chi connectivity index (χ1) is 8.40. The predicted octanol–water partition coefficient (Wildman–Crippen LogP) is 2.87. The van der Waals surface area contributed by atoms with Gasteiger partial charge in [0, 0.05) is 19.2 Å². The lowest BCUT2D eigenvalue weighted by atomic mass is 10.1. The molecule has 0 spiro atoms. The van der Waals surface area contributed by atoms with Gasteiger partial charge in [0.25, 0.3) is 0 Å². The van der Waals surface area contributed by atoms with E-state index in [1.807, 2.05) is 0 Å². The minimum absolute atomic E-state index is 0.772. The van der Waals surface area contributed by atoms with E-state index < -0.39 is 0 Å². The number of benzene rings is 1. The van der Waals surface area contributed by atoms with E-state index in [4.69, 9.17) is 4.74 Å². The van der Waals surface area contributed by atoms with Crippen molar-refractivity contribution in [2.75, 3.05) is 6.61 Å². The fourth-order valence-corrected chi connectivity index (χ4v) is 2.01. The summed E-state index contributed by atoms with van der Waals surface area (Å²) in [5.41, 5.74) is 2.69. The first-order valence-corrected chi connectivity index (χ1v) is 6.79. The largest absolute Gasteiger partial charge is 0.376 e. The molecule has 2 fully saturated rings. The summed E-state index contributed by atoms with van der Waals surface area (Å²) in [4.78, 5) is 0. The van der Waals surface area contributed by atoms with Gasteiger partial charge in [0.05, 0.1) is 6.61 Å². The summed E-state index contributed by atoms with van der Waals surface area (Å²) in [7, 11) is 0. The van der Waals surface area contributed by atoms with Crippen molar-refractivity contribution in [3.63, 3.8) is 0 Å². The normalized spacial score (nSPS) is 19.5. The van der Waals surface area contributed by atoms with Gasteiger partial charge in [0.2, 0.25) is 0 Å². The van der Waals surface area contributed by atoms with Crippen LogP contribution in [0.3, 0.4) is 0 Å². The molecule has 2 heteroatoms. The van der Waals surface area contributed by atoms with E-state index in [0.717, 1.165) is 31.7 Å². The van der Waals surface area contributed by atoms with Crippen molar-refractivity contribution in [2.45, 2.75) is 44.9 Å². The second-order valence-corrected chi connectivity index (χ2v) is 5.43. The minimum atomic E-state index is 0.772. The highest BCUT2D eigenvalue weighted by Crippen LogP contribution is 2.29. The van der Waals surface area contributed by atoms with Crippen LogP contribution in [0.4, 0.5) is 0 Å². The first-order valence-electron chi connectivity index (χ1n) is 6.79. The smallest absolute Gasteiger partial charge is 0.0717 e. The zero-order valence-corrected chi connectivity index (χ0v) is 10.3. The van der Waals surface area contributed by atoms with Crippen molar-refractivity contribution in [3.8, 4) is 0 Å². The molecule has 0 bridgehead atoms. The molecule has 0 radical (unpaired) electrons. The molecule has 1 aromatic rings. The molecule has 2 aliphatic rings. The fraction of sp³-hybridized carbons (Fsp3) is 0.600. The quantitative estimate of drug-likeness (QED) is 0.779. The first kappa shape index (κ1) is 11.2. The average molecular weight is 231 g/mol. The Labute approximate surface area is 103 Å². The van der Waals surface area contributed by atoms with Crippen molar-refractivity contribution in [1.29, 1.82) is 0 Å². The number of nitrogens with one attached hydrogen (secondary N) is 1. The number of hydrogen-bond donors (Lipinski definition) is 1. The van der Waals surface area contributed by atoms with Crippen LogP contribution in [-0.2, 0) is 17.9 Å². The summed E-state index contributed by atoms with van der Waals surface area (Å²) in [5, 5.41) is 3.54. The SMILES string of the molecule is c1cc(CNC2CC2)cc(COCC2CC2)c1. The topological polar surface area (TPSA) is 21.3 Å². The van der Waals surface area contributed by atoms with Gasteiger partial charge in [-0.05, 0) is 42.7 Å². The number of ether oxygens (including phenoxy) is 1. The summed E-state index contributed by atoms with van der Waals surface area (Å²) in [6.45, 7) is 2.72. The highest BCUT2D eigenvalue weighted by Gasteiger charge is 2.21. The van der Waals surface area contributed by atoms with Crippen molar-refractivity contribution < 1.29 is 4.74 Å². The zero-order chi connectivity index (χ0) is 11.5. The second kappa shape index (κ2) is 5.19. The molecule has 2 aliphatic carbocycles. The fourth-order valence-electron chi connectivity index (χ4n) is 2.01. The van der Waals surface area contributed by atoms with E-state index in [1.54, 1.807) is 0 Å². The Hall–Kier alpha value is -0.860. The van der Waals surface area contributed by atoms with Crippen LogP contribution in [0, 0.1) is 5.92 Å². The van der Waals surface area contributed by atoms with Gasteiger partial charge in [-0.15, -0.1) is 0 Å². The molecule has 0 aromatic heterocycles. The molecule has 0 amide bonds. The summed E-state index contributed by atoms with van der Waals surface area (Å²) in [5.74, 6) is 0.856. The standard InChI is InChI=1S/C15H21NO/c1-2-13(9-16-15-6-7-15)8-14(3-1)11-17-10-12-4-5-12/h1-3,8,12,15-16H,4-7,9-11H2. The van der Waals surface area contributed by atoms with Crippen LogP contribution < -0.4 is 5.32 Å². The molecule has 0 saturated heterocycles. The maximum absolute atomic E-state index is 5.72. The molecular weight excluding hydrogens is 210 g/mol. The molecule has 1 N–H and O–H groups in total. The Bertz CT molecular complexity index is 369. The molecule has 1 aromatic carbocycles. The summed E-state index contributed by atoms with van der Waals surface area (Å²) < 4.78 is 5.72. The Balaban J connectivity index is 1.46. The van der Waals surface area contributed by atoms with Gasteiger partial charge in [0.1, 0.15) is 0 Å². The third kappa shape index (κ3) is 3.83. The van der Waals surface area contributed by atoms with Gasteiger partial charge >= 0.3 is 0 Å². The summed E-state index contributed by atoms with van der Waals surface area (Å²) in [6, 6.07) is 9.54. The van der Waals surface area contributed by atoms with Crippen molar-refractivity contribution in [1.82, 2.24) is 5.32 Å². The third-order valence-corrected chi connectivity index (χ3v) is 3.48. The van der Waals surface area contributed by atoms with E-state index in [2.05, 4.69) is 29.6 Å². The van der Waals surface area contributed by atoms with Crippen molar-refractivity contribution >= 4 is 0 Å². The lowest BCUT2D eigenvalue weighted by Gasteiger charge is -2.07. The van der Waals surface area contributed by atoms with Gasteiger partial charge in [0.15, 0.2) is 0 Å². The Morgan fingerprint density at radius 1 is 1.12 bits per heavy atom. The molecular formula is C15H21NO. The van der Waals surface area contributed by atoms with Gasteiger partial charge < -0.3 is 10.1 Å². The Morgan fingerprint density at radius 3 is 2.71 bits per heavy atom. The molecule has 17 heavy (non-hydrogen) atoms. The van der Waals surface area contributed by atoms with Crippen LogP contribution in [0.15, 0.2) is 24.3 Å². The average Bonchev–Trinajstić information content (AvgIpc) is 3.22. The van der Waals surface area contributed by atoms with E-state index in [0.29, 0.717) is 0 Å². The lowest BCUT2D eigenvalue weighted by Crippen LogP contribution is -2.15. The summed E-state index contributed by atoms with van der Waals surface area (Å²) >= 11 is 0. The maximum Gasteiger partial charge on any atom is 0.0717 e. The molecule has 0 unspecified atom stereocenters. The Kier molecular flexibility index (Phi) is 3.44. The molecule has 92 valence electrons. The van der Waals surface area contributed by atoms with E-state index in [-0.39, 0.29) is 0 Å². The van der Waals surface area contributed by atoms with Crippen LogP contribution in [0.25, 0.3) is 0 Å². The summed E-state index contributed by atoms with van der Waals surface area (Å²) in [6.07, 6.45) is 5.44. The second-order valence-electron chi connectivity index (χ2n) is 5.43. The van der Waals surface area contributed by atoms with Gasteiger partial charge in [-0.2, -0.15) is 0 Å². The lowest BCUT2D eigenvalue weighted by molar-refractivity contribution is 0.111. The minimum Gasteiger partial charge on any atom is -0.376 e. The number of hydrogen-bond acceptors (Lipinski definition) is 2. The maximum atomic E-state index is 5.72. The molecule has 2 saturated carbocycles. The molecule has 3 rings (SSSR count). The van der Waals surface area contributed by atoms with Gasteiger partial charge in [-0.3, -0.25) is 0 Å². The molecule has 0 atom stereocenters. The van der Waals surface area contributed by atoms with Crippen LogP contribution >= 0.6 is 0 Å². The van der Waals surface area contributed by atoms with Gasteiger partial charge in [-0.25, -0.2) is 0 Å². The number of rotatable bonds is 7. The highest BCUT2D eigenvalue weighted by molar-refractivity contribution is 5.23. The van der Waals surface area contributed by atoms with Crippen molar-refractivity contribution in [2.24, 2.45) is 5.92 Å². The van der Waals surface area contributed by atoms with Crippen molar-refractivity contribution in [3.05, 3.63) is 35.4 Å². The van der Waals surface area contributed by atoms with Crippen LogP contribution in [0.2, 0.25) is 0 Å². The van der Waals surface area contributed by atoms with E-state index >= 15 is 0 Å². The monoisotopic (exact) mass is 231 g/mol. The van der Waals surface area contributed by atoms with E-state index in [9.17, 15) is 0 Å². The molecule has 2 nitrogen and oxygen atoms in total.